The number of benzene rings is 2. The molecule has 0 bridgehead atoms. The van der Waals surface area contributed by atoms with E-state index in [9.17, 15) is 22.4 Å². The summed E-state index contributed by atoms with van der Waals surface area (Å²) >= 11 is 6.09. The van der Waals surface area contributed by atoms with Crippen LogP contribution in [0.3, 0.4) is 0 Å². The Hall–Kier alpha value is -2.65. The Morgan fingerprint density at radius 1 is 1.12 bits per heavy atom. The highest BCUT2D eigenvalue weighted by Crippen LogP contribution is 2.27. The van der Waals surface area contributed by atoms with Gasteiger partial charge in [-0.05, 0) is 74.1 Å². The van der Waals surface area contributed by atoms with E-state index in [1.807, 2.05) is 0 Å². The highest BCUT2D eigenvalue weighted by Gasteiger charge is 2.25. The zero-order valence-electron chi connectivity index (χ0n) is 18.4. The normalized spacial score (nSPS) is 18.4. The van der Waals surface area contributed by atoms with E-state index in [4.69, 9.17) is 16.3 Å². The molecule has 0 unspecified atom stereocenters. The van der Waals surface area contributed by atoms with Crippen molar-refractivity contribution < 1.29 is 27.1 Å². The molecule has 0 spiro atoms. The molecule has 0 aromatic heterocycles. The number of amides is 1. The number of sulfonamides is 1. The average molecular weight is 497 g/mol. The fourth-order valence-electron chi connectivity index (χ4n) is 3.65. The van der Waals surface area contributed by atoms with Crippen molar-refractivity contribution >= 4 is 39.2 Å². The van der Waals surface area contributed by atoms with Crippen molar-refractivity contribution in [1.29, 1.82) is 0 Å². The molecule has 1 N–H and O–H groups in total. The molecule has 7 nitrogen and oxygen atoms in total. The van der Waals surface area contributed by atoms with Crippen LogP contribution in [-0.2, 0) is 19.6 Å². The van der Waals surface area contributed by atoms with Crippen LogP contribution in [0.1, 0.15) is 43.0 Å². The second-order valence-electron chi connectivity index (χ2n) is 8.19. The molecule has 10 heteroatoms. The number of nitrogens with zero attached hydrogens (tertiary/aromatic N) is 1. The minimum atomic E-state index is -4.07. The molecule has 3 rings (SSSR count). The lowest BCUT2D eigenvalue weighted by molar-refractivity contribution is -0.125. The maximum Gasteiger partial charge on any atom is 0.340 e. The number of ether oxygens (including phenoxy) is 1. The quantitative estimate of drug-likeness (QED) is 0.581. The van der Waals surface area contributed by atoms with Gasteiger partial charge in [0, 0.05) is 13.1 Å². The van der Waals surface area contributed by atoms with Crippen molar-refractivity contribution in [2.45, 2.75) is 43.5 Å². The summed E-state index contributed by atoms with van der Waals surface area (Å²) in [6.07, 6.45) is 3.84. The number of carbonyl (C=O) groups is 2. The Labute approximate surface area is 197 Å². The largest absolute Gasteiger partial charge is 0.452 e. The summed E-state index contributed by atoms with van der Waals surface area (Å²) in [5.74, 6) is -1.18. The molecule has 1 amide bonds. The van der Waals surface area contributed by atoms with Crippen molar-refractivity contribution in [2.24, 2.45) is 5.92 Å². The van der Waals surface area contributed by atoms with E-state index in [-0.39, 0.29) is 27.2 Å². The van der Waals surface area contributed by atoms with Crippen LogP contribution in [0.2, 0.25) is 5.02 Å². The summed E-state index contributed by atoms with van der Waals surface area (Å²) in [5, 5.41) is 2.85. The number of esters is 1. The van der Waals surface area contributed by atoms with E-state index in [0.717, 1.165) is 48.2 Å². The third-order valence-electron chi connectivity index (χ3n) is 5.72. The number of carbonyl (C=O) groups excluding carboxylic acids is 2. The lowest BCUT2D eigenvalue weighted by Crippen LogP contribution is -2.39. The Balaban J connectivity index is 1.68. The molecule has 2 aromatic carbocycles. The third-order valence-corrected chi connectivity index (χ3v) is 7.83. The van der Waals surface area contributed by atoms with Gasteiger partial charge >= 0.3 is 5.97 Å². The van der Waals surface area contributed by atoms with E-state index in [1.165, 1.54) is 31.3 Å². The van der Waals surface area contributed by atoms with Gasteiger partial charge in [-0.1, -0.05) is 18.5 Å². The molecule has 178 valence electrons. The number of hydrogen-bond donors (Lipinski definition) is 1. The predicted molar refractivity (Wildman–Crippen MR) is 123 cm³/mol. The maximum absolute atomic E-state index is 13.2. The van der Waals surface area contributed by atoms with Crippen LogP contribution in [-0.4, -0.2) is 40.0 Å². The number of halogens is 2. The second kappa shape index (κ2) is 10.5. The second-order valence-corrected chi connectivity index (χ2v) is 10.6. The molecule has 1 saturated carbocycles. The minimum Gasteiger partial charge on any atom is -0.452 e. The van der Waals surface area contributed by atoms with Gasteiger partial charge in [0.1, 0.15) is 5.82 Å². The summed E-state index contributed by atoms with van der Waals surface area (Å²) in [5.41, 5.74) is 0.0637. The standard InChI is InChI=1S/C23H26ClFN2O5S/c1-15-3-7-17(8-4-15)26-22(28)14-32-23(29)20-13-19(11-12-21(20)24)33(30,31)27(2)18-9-5-16(25)6-10-18/h5-6,9-13,15,17H,3-4,7-8,14H2,1-2H3,(H,26,28). The Morgan fingerprint density at radius 2 is 1.76 bits per heavy atom. The first-order valence-electron chi connectivity index (χ1n) is 10.6. The molecule has 0 heterocycles. The first kappa shape index (κ1) is 25.0. The molecule has 0 saturated heterocycles. The minimum absolute atomic E-state index is 0.00920. The van der Waals surface area contributed by atoms with Crippen molar-refractivity contribution in [2.75, 3.05) is 18.0 Å². The van der Waals surface area contributed by atoms with E-state index >= 15 is 0 Å². The number of rotatable bonds is 7. The molecule has 33 heavy (non-hydrogen) atoms. The van der Waals surface area contributed by atoms with E-state index in [0.29, 0.717) is 5.92 Å². The van der Waals surface area contributed by atoms with Gasteiger partial charge in [0.2, 0.25) is 0 Å². The van der Waals surface area contributed by atoms with Gasteiger partial charge in [-0.2, -0.15) is 0 Å². The zero-order valence-corrected chi connectivity index (χ0v) is 20.0. The summed E-state index contributed by atoms with van der Waals surface area (Å²) in [4.78, 5) is 24.5. The number of anilines is 1. The van der Waals surface area contributed by atoms with Gasteiger partial charge in [-0.3, -0.25) is 9.10 Å². The Bertz CT molecular complexity index is 1120. The van der Waals surface area contributed by atoms with Gasteiger partial charge in [0.15, 0.2) is 6.61 Å². The van der Waals surface area contributed by atoms with Crippen LogP contribution >= 0.6 is 11.6 Å². The topological polar surface area (TPSA) is 92.8 Å². The highest BCUT2D eigenvalue weighted by atomic mass is 35.5. The number of nitrogens with one attached hydrogen (secondary N) is 1. The highest BCUT2D eigenvalue weighted by molar-refractivity contribution is 7.92. The van der Waals surface area contributed by atoms with Gasteiger partial charge < -0.3 is 10.1 Å². The molecule has 1 fully saturated rings. The van der Waals surface area contributed by atoms with Crippen LogP contribution in [0.5, 0.6) is 0 Å². The lowest BCUT2D eigenvalue weighted by Gasteiger charge is -2.26. The molecule has 1 aliphatic carbocycles. The molecule has 2 aromatic rings. The monoisotopic (exact) mass is 496 g/mol. The summed E-state index contributed by atoms with van der Waals surface area (Å²) in [6, 6.07) is 8.62. The van der Waals surface area contributed by atoms with Gasteiger partial charge in [0.25, 0.3) is 15.9 Å². The van der Waals surface area contributed by atoms with Crippen LogP contribution in [0.4, 0.5) is 10.1 Å². The molecule has 0 atom stereocenters. The van der Waals surface area contributed by atoms with Crippen LogP contribution in [0.15, 0.2) is 47.4 Å². The van der Waals surface area contributed by atoms with E-state index in [1.54, 1.807) is 0 Å². The van der Waals surface area contributed by atoms with Crippen molar-refractivity contribution in [3.05, 3.63) is 58.9 Å². The maximum atomic E-state index is 13.2. The van der Waals surface area contributed by atoms with Crippen molar-refractivity contribution in [3.63, 3.8) is 0 Å². The average Bonchev–Trinajstić information content (AvgIpc) is 2.79. The summed E-state index contributed by atoms with van der Waals surface area (Å²) < 4.78 is 45.2. The SMILES string of the molecule is CC1CCC(NC(=O)COC(=O)c2cc(S(=O)(=O)N(C)c3ccc(F)cc3)ccc2Cl)CC1. The molecule has 0 aliphatic heterocycles. The van der Waals surface area contributed by atoms with Crippen molar-refractivity contribution in [3.8, 4) is 0 Å². The first-order chi connectivity index (χ1) is 15.6. The summed E-state index contributed by atoms with van der Waals surface area (Å²) in [6.45, 7) is 1.68. The van der Waals surface area contributed by atoms with Gasteiger partial charge in [0.05, 0.1) is 21.2 Å². The molecule has 0 radical (unpaired) electrons. The van der Waals surface area contributed by atoms with Crippen LogP contribution in [0.25, 0.3) is 0 Å². The smallest absolute Gasteiger partial charge is 0.340 e. The van der Waals surface area contributed by atoms with Crippen LogP contribution < -0.4 is 9.62 Å². The molecular weight excluding hydrogens is 471 g/mol. The molecule has 1 aliphatic rings. The zero-order chi connectivity index (χ0) is 24.2. The lowest BCUT2D eigenvalue weighted by atomic mass is 9.87. The molecular formula is C23H26ClFN2O5S. The van der Waals surface area contributed by atoms with Crippen LogP contribution in [0, 0.1) is 11.7 Å². The fraction of sp³-hybridized carbons (Fsp3) is 0.391. The third kappa shape index (κ3) is 6.23. The number of hydrogen-bond acceptors (Lipinski definition) is 5. The van der Waals surface area contributed by atoms with E-state index in [2.05, 4.69) is 12.2 Å². The first-order valence-corrected chi connectivity index (χ1v) is 12.4. The van der Waals surface area contributed by atoms with Gasteiger partial charge in [-0.25, -0.2) is 17.6 Å². The predicted octanol–water partition coefficient (Wildman–Crippen LogP) is 4.16. The summed E-state index contributed by atoms with van der Waals surface area (Å²) in [7, 11) is -2.76. The Kier molecular flexibility index (Phi) is 7.97. The van der Waals surface area contributed by atoms with E-state index < -0.39 is 34.3 Å². The Morgan fingerprint density at radius 3 is 2.39 bits per heavy atom. The fourth-order valence-corrected chi connectivity index (χ4v) is 5.07. The van der Waals surface area contributed by atoms with Gasteiger partial charge in [-0.15, -0.1) is 0 Å². The van der Waals surface area contributed by atoms with Crippen molar-refractivity contribution in [1.82, 2.24) is 5.32 Å².